The minimum Gasteiger partial charge on any atom is -0.507 e. The lowest BCUT2D eigenvalue weighted by atomic mass is 10.1. The van der Waals surface area contributed by atoms with E-state index in [0.29, 0.717) is 19.0 Å². The summed E-state index contributed by atoms with van der Waals surface area (Å²) in [7, 11) is 2.01. The van der Waals surface area contributed by atoms with Crippen LogP contribution in [0.2, 0.25) is 0 Å². The van der Waals surface area contributed by atoms with Crippen molar-refractivity contribution in [3.8, 4) is 5.75 Å². The number of rotatable bonds is 7. The van der Waals surface area contributed by atoms with Crippen LogP contribution in [-0.4, -0.2) is 68.3 Å². The molecule has 0 aliphatic carbocycles. The summed E-state index contributed by atoms with van der Waals surface area (Å²) in [5, 5.41) is 15.7. The highest BCUT2D eigenvalue weighted by Gasteiger charge is 2.19. The molecule has 1 saturated heterocycles. The number of carbonyl (C=O) groups is 1. The largest absolute Gasteiger partial charge is 0.507 e. The van der Waals surface area contributed by atoms with Gasteiger partial charge in [-0.05, 0) is 25.5 Å². The number of nitrogens with one attached hydrogen (secondary N) is 2. The summed E-state index contributed by atoms with van der Waals surface area (Å²) in [6, 6.07) is 6.50. The summed E-state index contributed by atoms with van der Waals surface area (Å²) >= 11 is 0. The number of carbonyl (C=O) groups excluding carboxylic acids is 1. The van der Waals surface area contributed by atoms with Crippen molar-refractivity contribution >= 4 is 11.9 Å². The van der Waals surface area contributed by atoms with Crippen LogP contribution in [0.25, 0.3) is 0 Å². The molecule has 1 heterocycles. The molecular formula is C18H28N4O3. The Labute approximate surface area is 149 Å². The Morgan fingerprint density at radius 2 is 2.20 bits per heavy atom. The lowest BCUT2D eigenvalue weighted by Gasteiger charge is -2.24. The van der Waals surface area contributed by atoms with E-state index in [2.05, 4.69) is 20.5 Å². The van der Waals surface area contributed by atoms with Crippen LogP contribution in [-0.2, 0) is 4.74 Å². The van der Waals surface area contributed by atoms with E-state index < -0.39 is 0 Å². The molecule has 1 amide bonds. The first-order chi connectivity index (χ1) is 12.1. The fraction of sp³-hybridized carbons (Fsp3) is 0.556. The number of phenols is 1. The molecule has 0 radical (unpaired) electrons. The molecule has 0 bridgehead atoms. The van der Waals surface area contributed by atoms with Crippen LogP contribution in [0.5, 0.6) is 5.75 Å². The Kier molecular flexibility index (Phi) is 7.53. The van der Waals surface area contributed by atoms with Crippen molar-refractivity contribution in [3.63, 3.8) is 0 Å². The van der Waals surface area contributed by atoms with Crippen molar-refractivity contribution < 1.29 is 14.6 Å². The van der Waals surface area contributed by atoms with Gasteiger partial charge in [-0.1, -0.05) is 12.1 Å². The van der Waals surface area contributed by atoms with Gasteiger partial charge in [-0.2, -0.15) is 0 Å². The molecule has 1 aliphatic rings. The van der Waals surface area contributed by atoms with Crippen LogP contribution in [0, 0.1) is 5.92 Å². The van der Waals surface area contributed by atoms with E-state index in [-0.39, 0.29) is 17.2 Å². The smallest absolute Gasteiger partial charge is 0.255 e. The second-order valence-corrected chi connectivity index (χ2v) is 6.12. The van der Waals surface area contributed by atoms with Gasteiger partial charge in [0.25, 0.3) is 5.91 Å². The van der Waals surface area contributed by atoms with E-state index in [0.717, 1.165) is 38.7 Å². The number of para-hydroxylation sites is 1. The van der Waals surface area contributed by atoms with Crippen LogP contribution in [0.1, 0.15) is 23.7 Å². The number of hydrogen-bond acceptors (Lipinski definition) is 4. The number of amides is 1. The van der Waals surface area contributed by atoms with E-state index in [1.807, 2.05) is 14.0 Å². The van der Waals surface area contributed by atoms with E-state index in [4.69, 9.17) is 4.74 Å². The van der Waals surface area contributed by atoms with Gasteiger partial charge in [0, 0.05) is 39.2 Å². The van der Waals surface area contributed by atoms with Gasteiger partial charge in [0.1, 0.15) is 5.75 Å². The molecule has 1 aromatic rings. The lowest BCUT2D eigenvalue weighted by Crippen LogP contribution is -2.42. The zero-order chi connectivity index (χ0) is 18.1. The summed E-state index contributed by atoms with van der Waals surface area (Å²) in [5.74, 6) is 1.05. The summed E-state index contributed by atoms with van der Waals surface area (Å²) in [6.07, 6.45) is 1.08. The molecular weight excluding hydrogens is 320 g/mol. The minimum absolute atomic E-state index is 0.0182. The van der Waals surface area contributed by atoms with Gasteiger partial charge in [-0.15, -0.1) is 0 Å². The van der Waals surface area contributed by atoms with Gasteiger partial charge < -0.3 is 25.4 Å². The molecule has 2 rings (SSSR count). The molecule has 1 aliphatic heterocycles. The van der Waals surface area contributed by atoms with Gasteiger partial charge in [0.15, 0.2) is 5.96 Å². The molecule has 1 unspecified atom stereocenters. The molecule has 1 atom stereocenters. The van der Waals surface area contributed by atoms with Crippen molar-refractivity contribution in [2.75, 3.05) is 46.4 Å². The number of hydrogen-bond donors (Lipinski definition) is 3. The number of aromatic hydroxyl groups is 1. The number of aliphatic imine (C=N–C) groups is 1. The molecule has 0 saturated carbocycles. The highest BCUT2D eigenvalue weighted by Crippen LogP contribution is 2.15. The predicted octanol–water partition coefficient (Wildman–Crippen LogP) is 1.06. The van der Waals surface area contributed by atoms with Crippen molar-refractivity contribution in [1.29, 1.82) is 0 Å². The van der Waals surface area contributed by atoms with Crippen LogP contribution >= 0.6 is 0 Å². The zero-order valence-corrected chi connectivity index (χ0v) is 15.0. The van der Waals surface area contributed by atoms with Crippen molar-refractivity contribution in [1.82, 2.24) is 15.5 Å². The second-order valence-electron chi connectivity index (χ2n) is 6.12. The Morgan fingerprint density at radius 1 is 1.40 bits per heavy atom. The van der Waals surface area contributed by atoms with Gasteiger partial charge in [0.05, 0.1) is 18.7 Å². The lowest BCUT2D eigenvalue weighted by molar-refractivity contribution is 0.0952. The third kappa shape index (κ3) is 5.94. The number of nitrogens with zero attached hydrogens (tertiary/aromatic N) is 2. The summed E-state index contributed by atoms with van der Waals surface area (Å²) in [4.78, 5) is 18.7. The predicted molar refractivity (Wildman–Crippen MR) is 98.0 cm³/mol. The monoisotopic (exact) mass is 348 g/mol. The highest BCUT2D eigenvalue weighted by atomic mass is 16.5. The average Bonchev–Trinajstić information content (AvgIpc) is 3.10. The van der Waals surface area contributed by atoms with Crippen molar-refractivity contribution in [2.24, 2.45) is 10.9 Å². The summed E-state index contributed by atoms with van der Waals surface area (Å²) < 4.78 is 5.42. The summed E-state index contributed by atoms with van der Waals surface area (Å²) in [6.45, 7) is 6.23. The normalized spacial score (nSPS) is 17.4. The van der Waals surface area contributed by atoms with Gasteiger partial charge in [-0.3, -0.25) is 9.79 Å². The highest BCUT2D eigenvalue weighted by molar-refractivity contribution is 5.96. The Morgan fingerprint density at radius 3 is 2.88 bits per heavy atom. The van der Waals surface area contributed by atoms with Crippen LogP contribution < -0.4 is 10.6 Å². The SMILES string of the molecule is CCNC(=NCCNC(=O)c1ccccc1O)N(C)CC1CCOC1. The fourth-order valence-corrected chi connectivity index (χ4v) is 2.76. The van der Waals surface area contributed by atoms with Crippen molar-refractivity contribution in [2.45, 2.75) is 13.3 Å². The molecule has 7 nitrogen and oxygen atoms in total. The number of guanidine groups is 1. The standard InChI is InChI=1S/C18H28N4O3/c1-3-19-18(22(2)12-14-8-11-25-13-14)21-10-9-20-17(24)15-6-4-5-7-16(15)23/h4-7,14,23H,3,8-13H2,1-2H3,(H,19,21)(H,20,24). The topological polar surface area (TPSA) is 86.2 Å². The quantitative estimate of drug-likeness (QED) is 0.390. The molecule has 0 spiro atoms. The average molecular weight is 348 g/mol. The first-order valence-corrected chi connectivity index (χ1v) is 8.75. The van der Waals surface area contributed by atoms with Gasteiger partial charge in [0.2, 0.25) is 0 Å². The second kappa shape index (κ2) is 9.88. The maximum Gasteiger partial charge on any atom is 0.255 e. The van der Waals surface area contributed by atoms with Crippen LogP contribution in [0.3, 0.4) is 0 Å². The van der Waals surface area contributed by atoms with Gasteiger partial charge >= 0.3 is 0 Å². The molecule has 1 aromatic carbocycles. The Hall–Kier alpha value is -2.28. The minimum atomic E-state index is -0.297. The number of phenolic OH excluding ortho intramolecular Hbond substituents is 1. The van der Waals surface area contributed by atoms with E-state index >= 15 is 0 Å². The van der Waals surface area contributed by atoms with Crippen LogP contribution in [0.4, 0.5) is 0 Å². The van der Waals surface area contributed by atoms with Crippen molar-refractivity contribution in [3.05, 3.63) is 29.8 Å². The molecule has 1 fully saturated rings. The van der Waals surface area contributed by atoms with E-state index in [9.17, 15) is 9.90 Å². The number of ether oxygens (including phenoxy) is 1. The maximum atomic E-state index is 12.0. The van der Waals surface area contributed by atoms with Crippen LogP contribution in [0.15, 0.2) is 29.3 Å². The third-order valence-electron chi connectivity index (χ3n) is 4.06. The van der Waals surface area contributed by atoms with E-state index in [1.165, 1.54) is 6.07 Å². The molecule has 25 heavy (non-hydrogen) atoms. The Bertz CT molecular complexity index is 585. The summed E-state index contributed by atoms with van der Waals surface area (Å²) in [5.41, 5.74) is 0.275. The van der Waals surface area contributed by atoms with E-state index in [1.54, 1.807) is 18.2 Å². The van der Waals surface area contributed by atoms with Gasteiger partial charge in [-0.25, -0.2) is 0 Å². The molecule has 0 aromatic heterocycles. The Balaban J connectivity index is 1.82. The third-order valence-corrected chi connectivity index (χ3v) is 4.06. The zero-order valence-electron chi connectivity index (χ0n) is 15.0. The molecule has 7 heteroatoms. The molecule has 3 N–H and O–H groups in total. The number of benzene rings is 1. The first-order valence-electron chi connectivity index (χ1n) is 8.75. The fourth-order valence-electron chi connectivity index (χ4n) is 2.76. The maximum absolute atomic E-state index is 12.0. The first kappa shape index (κ1) is 19.1. The molecule has 138 valence electrons.